The Kier molecular flexibility index (Phi) is 1.53. The summed E-state index contributed by atoms with van der Waals surface area (Å²) in [5.74, 6) is 0.321. The van der Waals surface area contributed by atoms with Gasteiger partial charge in [0.2, 0.25) is 0 Å². The van der Waals surface area contributed by atoms with Gasteiger partial charge in [0.05, 0.1) is 5.69 Å². The van der Waals surface area contributed by atoms with Crippen molar-refractivity contribution in [2.45, 2.75) is 13.1 Å². The maximum atomic E-state index is 10.7. The van der Waals surface area contributed by atoms with Gasteiger partial charge in [0.25, 0.3) is 0 Å². The van der Waals surface area contributed by atoms with Crippen molar-refractivity contribution in [1.82, 2.24) is 14.7 Å². The van der Waals surface area contributed by atoms with Gasteiger partial charge in [-0.1, -0.05) is 0 Å². The lowest BCUT2D eigenvalue weighted by Gasteiger charge is -2.05. The van der Waals surface area contributed by atoms with Crippen LogP contribution < -0.4 is 5.73 Å². The van der Waals surface area contributed by atoms with Crippen LogP contribution in [0.5, 0.6) is 0 Å². The second kappa shape index (κ2) is 2.46. The molecule has 70 valence electrons. The molecule has 0 amide bonds. The van der Waals surface area contributed by atoms with Gasteiger partial charge in [-0.05, 0) is 7.05 Å². The SMILES string of the molecule is CN1Cc2c(N)nn(C(=O)O)c2C1. The zero-order valence-electron chi connectivity index (χ0n) is 7.19. The summed E-state index contributed by atoms with van der Waals surface area (Å²) in [6.07, 6.45) is -1.08. The first-order valence-electron chi connectivity index (χ1n) is 3.87. The molecule has 2 rings (SSSR count). The van der Waals surface area contributed by atoms with Gasteiger partial charge in [0.15, 0.2) is 5.82 Å². The highest BCUT2D eigenvalue weighted by Crippen LogP contribution is 2.25. The number of hydrogen-bond acceptors (Lipinski definition) is 4. The highest BCUT2D eigenvalue weighted by molar-refractivity contribution is 5.70. The van der Waals surface area contributed by atoms with Crippen LogP contribution in [0.15, 0.2) is 0 Å². The number of hydrogen-bond donors (Lipinski definition) is 2. The topological polar surface area (TPSA) is 84.4 Å². The van der Waals surface area contributed by atoms with Crippen LogP contribution in [0.4, 0.5) is 10.6 Å². The van der Waals surface area contributed by atoms with E-state index in [9.17, 15) is 4.79 Å². The van der Waals surface area contributed by atoms with Crippen molar-refractivity contribution in [3.05, 3.63) is 11.3 Å². The molecule has 0 aromatic carbocycles. The number of nitrogens with zero attached hydrogens (tertiary/aromatic N) is 3. The van der Waals surface area contributed by atoms with Gasteiger partial charge < -0.3 is 10.8 Å². The molecule has 13 heavy (non-hydrogen) atoms. The molecule has 0 spiro atoms. The predicted octanol–water partition coefficient (Wildman–Crippen LogP) is -0.0632. The van der Waals surface area contributed by atoms with Crippen LogP contribution in [0.1, 0.15) is 11.3 Å². The smallest absolute Gasteiger partial charge is 0.432 e. The fourth-order valence-electron chi connectivity index (χ4n) is 1.58. The van der Waals surface area contributed by atoms with E-state index in [-0.39, 0.29) is 0 Å². The molecule has 0 aliphatic carbocycles. The molecule has 3 N–H and O–H groups in total. The summed E-state index contributed by atoms with van der Waals surface area (Å²) in [4.78, 5) is 12.7. The zero-order chi connectivity index (χ0) is 9.59. The number of carbonyl (C=O) groups is 1. The highest BCUT2D eigenvalue weighted by Gasteiger charge is 2.26. The number of carboxylic acid groups (broad SMARTS) is 1. The molecule has 0 atom stereocenters. The maximum absolute atomic E-state index is 10.7. The summed E-state index contributed by atoms with van der Waals surface area (Å²) < 4.78 is 0.953. The summed E-state index contributed by atoms with van der Waals surface area (Å²) in [5, 5.41) is 12.5. The Morgan fingerprint density at radius 1 is 1.62 bits per heavy atom. The Balaban J connectivity index is 2.52. The molecule has 1 aromatic heterocycles. The van der Waals surface area contributed by atoms with E-state index in [0.29, 0.717) is 24.6 Å². The van der Waals surface area contributed by atoms with E-state index >= 15 is 0 Å². The van der Waals surface area contributed by atoms with Gasteiger partial charge in [0.1, 0.15) is 0 Å². The van der Waals surface area contributed by atoms with Crippen LogP contribution in [0.3, 0.4) is 0 Å². The normalized spacial score (nSPS) is 16.1. The van der Waals surface area contributed by atoms with E-state index in [4.69, 9.17) is 10.8 Å². The lowest BCUT2D eigenvalue weighted by atomic mass is 10.3. The molecule has 1 aliphatic heterocycles. The Morgan fingerprint density at radius 3 is 2.92 bits per heavy atom. The molecule has 0 saturated heterocycles. The minimum absolute atomic E-state index is 0.321. The van der Waals surface area contributed by atoms with Crippen molar-refractivity contribution < 1.29 is 9.90 Å². The lowest BCUT2D eigenvalue weighted by molar-refractivity contribution is 0.191. The minimum Gasteiger partial charge on any atom is -0.463 e. The second-order valence-electron chi connectivity index (χ2n) is 3.18. The number of rotatable bonds is 0. The molecule has 0 radical (unpaired) electrons. The molecule has 0 unspecified atom stereocenters. The Labute approximate surface area is 74.5 Å². The van der Waals surface area contributed by atoms with Crippen LogP contribution in [0, 0.1) is 0 Å². The molecule has 0 fully saturated rings. The third kappa shape index (κ3) is 1.06. The van der Waals surface area contributed by atoms with Gasteiger partial charge in [-0.25, -0.2) is 4.79 Å². The highest BCUT2D eigenvalue weighted by atomic mass is 16.4. The largest absolute Gasteiger partial charge is 0.463 e. The van der Waals surface area contributed by atoms with E-state index in [2.05, 4.69) is 5.10 Å². The molecule has 1 aromatic rings. The van der Waals surface area contributed by atoms with Crippen LogP contribution >= 0.6 is 0 Å². The molecule has 6 nitrogen and oxygen atoms in total. The van der Waals surface area contributed by atoms with Gasteiger partial charge in [-0.15, -0.1) is 5.10 Å². The molecular weight excluding hydrogens is 172 g/mol. The van der Waals surface area contributed by atoms with Crippen molar-refractivity contribution in [2.24, 2.45) is 0 Å². The van der Waals surface area contributed by atoms with Crippen LogP contribution in [0.25, 0.3) is 0 Å². The maximum Gasteiger partial charge on any atom is 0.432 e. The number of nitrogen functional groups attached to an aromatic ring is 1. The quantitative estimate of drug-likeness (QED) is 0.587. The summed E-state index contributed by atoms with van der Waals surface area (Å²) in [7, 11) is 1.91. The third-order valence-electron chi connectivity index (χ3n) is 2.15. The molecular formula is C7H10N4O2. The van der Waals surface area contributed by atoms with Crippen molar-refractivity contribution in [3.8, 4) is 0 Å². The van der Waals surface area contributed by atoms with E-state index in [1.54, 1.807) is 0 Å². The van der Waals surface area contributed by atoms with E-state index in [1.807, 2.05) is 11.9 Å². The molecule has 1 aliphatic rings. The second-order valence-corrected chi connectivity index (χ2v) is 3.18. The van der Waals surface area contributed by atoms with Crippen molar-refractivity contribution in [2.75, 3.05) is 12.8 Å². The van der Waals surface area contributed by atoms with Gasteiger partial charge >= 0.3 is 6.09 Å². The van der Waals surface area contributed by atoms with Crippen LogP contribution in [-0.4, -0.2) is 32.9 Å². The Hall–Kier alpha value is -1.56. The molecule has 0 bridgehead atoms. The van der Waals surface area contributed by atoms with Gasteiger partial charge in [-0.3, -0.25) is 4.90 Å². The fourth-order valence-corrected chi connectivity index (χ4v) is 1.58. The summed E-state index contributed by atoms with van der Waals surface area (Å²) in [5.41, 5.74) is 7.10. The Morgan fingerprint density at radius 2 is 2.31 bits per heavy atom. The first-order valence-corrected chi connectivity index (χ1v) is 3.87. The van der Waals surface area contributed by atoms with Crippen molar-refractivity contribution >= 4 is 11.9 Å². The average molecular weight is 182 g/mol. The molecule has 0 saturated carbocycles. The number of aromatic nitrogens is 2. The van der Waals surface area contributed by atoms with Crippen LogP contribution in [0.2, 0.25) is 0 Å². The summed E-state index contributed by atoms with van der Waals surface area (Å²) in [6.45, 7) is 1.26. The minimum atomic E-state index is -1.08. The summed E-state index contributed by atoms with van der Waals surface area (Å²) in [6, 6.07) is 0. The fraction of sp³-hybridized carbons (Fsp3) is 0.429. The predicted molar refractivity (Wildman–Crippen MR) is 45.2 cm³/mol. The average Bonchev–Trinajstić information content (AvgIpc) is 2.51. The number of nitrogens with two attached hydrogens (primary N) is 1. The number of anilines is 1. The first kappa shape index (κ1) is 8.06. The van der Waals surface area contributed by atoms with Crippen molar-refractivity contribution in [3.63, 3.8) is 0 Å². The van der Waals surface area contributed by atoms with Crippen molar-refractivity contribution in [1.29, 1.82) is 0 Å². The standard InChI is InChI=1S/C7H10N4O2/c1-10-2-4-5(3-10)11(7(12)13)9-6(4)8/h2-3H2,1H3,(H2,8,9)(H,12,13). The monoisotopic (exact) mass is 182 g/mol. The lowest BCUT2D eigenvalue weighted by Crippen LogP contribution is -2.17. The summed E-state index contributed by atoms with van der Waals surface area (Å²) >= 11 is 0. The van der Waals surface area contributed by atoms with Gasteiger partial charge in [0, 0.05) is 18.7 Å². The molecule has 2 heterocycles. The third-order valence-corrected chi connectivity index (χ3v) is 2.15. The molecule has 6 heteroatoms. The van der Waals surface area contributed by atoms with E-state index in [1.165, 1.54) is 0 Å². The van der Waals surface area contributed by atoms with Crippen LogP contribution in [-0.2, 0) is 13.1 Å². The Bertz CT molecular complexity index is 371. The zero-order valence-corrected chi connectivity index (χ0v) is 7.19. The number of fused-ring (bicyclic) bond motifs is 1. The van der Waals surface area contributed by atoms with Gasteiger partial charge in [-0.2, -0.15) is 4.68 Å². The first-order chi connectivity index (χ1) is 6.09. The van der Waals surface area contributed by atoms with E-state index < -0.39 is 6.09 Å². The van der Waals surface area contributed by atoms with E-state index in [0.717, 1.165) is 10.2 Å².